The van der Waals surface area contributed by atoms with E-state index in [0.29, 0.717) is 37.1 Å². The van der Waals surface area contributed by atoms with E-state index in [2.05, 4.69) is 55.9 Å². The van der Waals surface area contributed by atoms with Gasteiger partial charge in [0.2, 0.25) is 0 Å². The van der Waals surface area contributed by atoms with E-state index < -0.39 is 13.9 Å². The molecule has 0 bridgehead atoms. The van der Waals surface area contributed by atoms with E-state index in [-0.39, 0.29) is 11.5 Å². The van der Waals surface area contributed by atoms with Crippen LogP contribution in [-0.2, 0) is 16.4 Å². The average Bonchev–Trinajstić information content (AvgIpc) is 2.68. The molecule has 8 heteroatoms. The van der Waals surface area contributed by atoms with E-state index in [1.165, 1.54) is 0 Å². The first-order chi connectivity index (χ1) is 14.3. The number of hydrogen-bond donors (Lipinski definition) is 0. The van der Waals surface area contributed by atoms with Crippen LogP contribution < -0.4 is 9.47 Å². The van der Waals surface area contributed by atoms with E-state index in [4.69, 9.17) is 37.1 Å². The molecule has 2 rings (SSSR count). The monoisotopic (exact) mass is 543 g/mol. The summed E-state index contributed by atoms with van der Waals surface area (Å²) in [5.74, 6) is 0.964. The number of nitriles is 1. The fourth-order valence-corrected chi connectivity index (χ4v) is 5.54. The summed E-state index contributed by atoms with van der Waals surface area (Å²) in [5.41, 5.74) is -0.302. The van der Waals surface area contributed by atoms with Gasteiger partial charge in [-0.1, -0.05) is 50.0 Å². The normalized spacial score (nSPS) is 14.0. The van der Waals surface area contributed by atoms with E-state index in [0.717, 1.165) is 0 Å². The molecule has 0 aliphatic carbocycles. The molecule has 168 valence electrons. The van der Waals surface area contributed by atoms with Crippen molar-refractivity contribution in [3.05, 3.63) is 56.0 Å². The lowest BCUT2D eigenvalue weighted by atomic mass is 9.87. The molecule has 2 aromatic carbocycles. The molecule has 0 aromatic heterocycles. The van der Waals surface area contributed by atoms with Crippen molar-refractivity contribution in [3.8, 4) is 17.6 Å². The predicted molar refractivity (Wildman–Crippen MR) is 133 cm³/mol. The Morgan fingerprint density at radius 3 is 2.06 bits per heavy atom. The van der Waals surface area contributed by atoms with Gasteiger partial charge in [0.25, 0.3) is 0 Å². The van der Waals surface area contributed by atoms with Gasteiger partial charge in [-0.2, -0.15) is 5.26 Å². The standard InChI is InChI=1S/C23H28BrCl2NO3Si/c1-22(2,3)31(6,7)30-23(14-27,13-15-17(25)9-8-10-18(15)26)20-19(28-4)12-11-16(24)21(20)29-5/h8-12H,13H2,1-7H3. The van der Waals surface area contributed by atoms with Crippen LogP contribution >= 0.6 is 39.1 Å². The minimum atomic E-state index is -2.46. The van der Waals surface area contributed by atoms with Crippen molar-refractivity contribution >= 4 is 47.4 Å². The van der Waals surface area contributed by atoms with Crippen LogP contribution in [-0.4, -0.2) is 22.5 Å². The van der Waals surface area contributed by atoms with Crippen LogP contribution in [0, 0.1) is 11.3 Å². The van der Waals surface area contributed by atoms with Crippen LogP contribution in [0.5, 0.6) is 11.5 Å². The van der Waals surface area contributed by atoms with Gasteiger partial charge in [0, 0.05) is 16.5 Å². The number of benzene rings is 2. The molecular weight excluding hydrogens is 517 g/mol. The fraction of sp³-hybridized carbons (Fsp3) is 0.435. The highest BCUT2D eigenvalue weighted by molar-refractivity contribution is 9.10. The minimum absolute atomic E-state index is 0.137. The third kappa shape index (κ3) is 5.23. The summed E-state index contributed by atoms with van der Waals surface area (Å²) in [7, 11) is 0.658. The molecule has 1 atom stereocenters. The van der Waals surface area contributed by atoms with E-state index in [9.17, 15) is 5.26 Å². The molecule has 2 aromatic rings. The lowest BCUT2D eigenvalue weighted by molar-refractivity contribution is 0.102. The predicted octanol–water partition coefficient (Wildman–Crippen LogP) is 7.76. The molecule has 0 fully saturated rings. The summed E-state index contributed by atoms with van der Waals surface area (Å²) in [6, 6.07) is 11.3. The van der Waals surface area contributed by atoms with Crippen molar-refractivity contribution in [2.75, 3.05) is 14.2 Å². The summed E-state index contributed by atoms with van der Waals surface area (Å²) in [6.07, 6.45) is 0.137. The largest absolute Gasteiger partial charge is 0.496 e. The molecule has 0 spiro atoms. The Kier molecular flexibility index (Phi) is 8.16. The second kappa shape index (κ2) is 9.72. The van der Waals surface area contributed by atoms with Crippen LogP contribution in [0.4, 0.5) is 0 Å². The smallest absolute Gasteiger partial charge is 0.194 e. The topological polar surface area (TPSA) is 51.5 Å². The molecule has 4 nitrogen and oxygen atoms in total. The van der Waals surface area contributed by atoms with Gasteiger partial charge in [0.05, 0.1) is 24.3 Å². The van der Waals surface area contributed by atoms with Gasteiger partial charge in [-0.3, -0.25) is 0 Å². The fourth-order valence-electron chi connectivity index (χ4n) is 3.12. The zero-order valence-electron chi connectivity index (χ0n) is 18.9. The quantitative estimate of drug-likeness (QED) is 0.334. The first kappa shape index (κ1) is 26.0. The van der Waals surface area contributed by atoms with Gasteiger partial charge in [-0.15, -0.1) is 0 Å². The number of rotatable bonds is 7. The maximum Gasteiger partial charge on any atom is 0.194 e. The zero-order chi connectivity index (χ0) is 23.6. The lowest BCUT2D eigenvalue weighted by Crippen LogP contribution is -2.49. The number of nitrogens with zero attached hydrogens (tertiary/aromatic N) is 1. The van der Waals surface area contributed by atoms with Gasteiger partial charge in [0.1, 0.15) is 17.6 Å². The van der Waals surface area contributed by atoms with Gasteiger partial charge in [0.15, 0.2) is 13.9 Å². The second-order valence-electron chi connectivity index (χ2n) is 8.84. The second-order valence-corrected chi connectivity index (χ2v) is 15.2. The van der Waals surface area contributed by atoms with E-state index in [1.807, 2.05) is 6.07 Å². The molecule has 0 aliphatic heterocycles. The molecule has 0 radical (unpaired) electrons. The van der Waals surface area contributed by atoms with Crippen LogP contribution in [0.1, 0.15) is 31.9 Å². The molecule has 31 heavy (non-hydrogen) atoms. The molecule has 0 N–H and O–H groups in total. The molecular formula is C23H28BrCl2NO3Si. The van der Waals surface area contributed by atoms with Crippen molar-refractivity contribution < 1.29 is 13.9 Å². The maximum absolute atomic E-state index is 10.7. The number of halogens is 3. The summed E-state index contributed by atoms with van der Waals surface area (Å²) in [4.78, 5) is 0. The van der Waals surface area contributed by atoms with Crippen molar-refractivity contribution in [2.24, 2.45) is 0 Å². The van der Waals surface area contributed by atoms with Crippen LogP contribution in [0.2, 0.25) is 28.2 Å². The number of methoxy groups -OCH3 is 2. The van der Waals surface area contributed by atoms with Crippen LogP contribution in [0.15, 0.2) is 34.8 Å². The Balaban J connectivity index is 2.90. The summed E-state index contributed by atoms with van der Waals surface area (Å²) in [6.45, 7) is 10.6. The van der Waals surface area contributed by atoms with Gasteiger partial charge in [-0.05, 0) is 63.9 Å². The highest BCUT2D eigenvalue weighted by Gasteiger charge is 2.49. The highest BCUT2D eigenvalue weighted by Crippen LogP contribution is 2.50. The molecule has 1 unspecified atom stereocenters. The Hall–Kier alpha value is -1.23. The summed E-state index contributed by atoms with van der Waals surface area (Å²) >= 11 is 16.6. The van der Waals surface area contributed by atoms with Gasteiger partial charge >= 0.3 is 0 Å². The molecule has 0 saturated heterocycles. The Labute approximate surface area is 204 Å². The lowest BCUT2D eigenvalue weighted by Gasteiger charge is -2.43. The van der Waals surface area contributed by atoms with E-state index in [1.54, 1.807) is 38.5 Å². The molecule has 0 saturated carbocycles. The van der Waals surface area contributed by atoms with Gasteiger partial charge < -0.3 is 13.9 Å². The first-order valence-electron chi connectivity index (χ1n) is 9.79. The minimum Gasteiger partial charge on any atom is -0.496 e. The molecule has 0 aliphatic rings. The Morgan fingerprint density at radius 2 is 1.61 bits per heavy atom. The Morgan fingerprint density at radius 1 is 1.03 bits per heavy atom. The third-order valence-electron chi connectivity index (χ3n) is 5.80. The van der Waals surface area contributed by atoms with Gasteiger partial charge in [-0.25, -0.2) is 0 Å². The average molecular weight is 545 g/mol. The highest BCUT2D eigenvalue weighted by atomic mass is 79.9. The summed E-state index contributed by atoms with van der Waals surface area (Å²) < 4.78 is 18.9. The van der Waals surface area contributed by atoms with Crippen molar-refractivity contribution in [1.29, 1.82) is 5.26 Å². The third-order valence-corrected chi connectivity index (χ3v) is 11.6. The Bertz CT molecular complexity index is 981. The van der Waals surface area contributed by atoms with Crippen LogP contribution in [0.3, 0.4) is 0 Å². The van der Waals surface area contributed by atoms with Crippen molar-refractivity contribution in [1.82, 2.24) is 0 Å². The van der Waals surface area contributed by atoms with Crippen molar-refractivity contribution in [3.63, 3.8) is 0 Å². The number of ether oxygens (including phenoxy) is 2. The van der Waals surface area contributed by atoms with Crippen molar-refractivity contribution in [2.45, 2.75) is 50.9 Å². The first-order valence-corrected chi connectivity index (χ1v) is 14.2. The van der Waals surface area contributed by atoms with Crippen LogP contribution in [0.25, 0.3) is 0 Å². The summed E-state index contributed by atoms with van der Waals surface area (Å²) in [5, 5.41) is 11.5. The zero-order valence-corrected chi connectivity index (χ0v) is 23.0. The maximum atomic E-state index is 10.7. The molecule has 0 heterocycles. The molecule has 0 amide bonds. The van der Waals surface area contributed by atoms with E-state index >= 15 is 0 Å². The number of hydrogen-bond acceptors (Lipinski definition) is 4. The SMILES string of the molecule is COc1ccc(Br)c(OC)c1C(C#N)(Cc1c(Cl)cccc1Cl)O[Si](C)(C)C(C)(C)C.